The summed E-state index contributed by atoms with van der Waals surface area (Å²) in [7, 11) is 6.63. The van der Waals surface area contributed by atoms with E-state index in [1.807, 2.05) is 0 Å². The first-order chi connectivity index (χ1) is 55.3. The van der Waals surface area contributed by atoms with Crippen LogP contribution in [0.4, 0.5) is 0 Å². The van der Waals surface area contributed by atoms with Crippen LogP contribution in [0.3, 0.4) is 0 Å². The van der Waals surface area contributed by atoms with Gasteiger partial charge in [-0.1, -0.05) is 233 Å². The molecule has 0 amide bonds. The maximum atomic E-state index is 2.57. The Balaban J connectivity index is 0.000000104. The predicted octanol–water partition coefficient (Wildman–Crippen LogP) is 19.7. The highest BCUT2D eigenvalue weighted by molar-refractivity contribution is 5.80. The highest BCUT2D eigenvalue weighted by atomic mass is 14.9. The molecule has 3 heteroatoms. The summed E-state index contributed by atoms with van der Waals surface area (Å²) in [6.07, 6.45) is 38.1. The Morgan fingerprint density at radius 3 is 0.920 bits per heavy atom. The number of aromatic nitrogens is 3. The number of benzene rings is 10. The Bertz CT molecular complexity index is 6690. The summed E-state index contributed by atoms with van der Waals surface area (Å²) in [6, 6.07) is 78.4. The van der Waals surface area contributed by atoms with Crippen LogP contribution in [-0.4, -0.2) is 0 Å². The van der Waals surface area contributed by atoms with Gasteiger partial charge in [-0.2, -0.15) is 0 Å². The van der Waals surface area contributed by atoms with Crippen molar-refractivity contribution in [3.05, 3.63) is 389 Å². The van der Waals surface area contributed by atoms with Gasteiger partial charge in [0.1, 0.15) is 21.1 Å². The smallest absolute Gasteiger partial charge is 0.201 e. The van der Waals surface area contributed by atoms with Crippen LogP contribution in [0.25, 0.3) is 81.4 Å². The molecule has 14 aliphatic carbocycles. The fourth-order valence-corrected chi connectivity index (χ4v) is 23.6. The number of hydrogen-bond donors (Lipinski definition) is 0. The lowest BCUT2D eigenvalue weighted by Gasteiger charge is -2.42. The van der Waals surface area contributed by atoms with Gasteiger partial charge in [0.15, 0.2) is 18.6 Å². The van der Waals surface area contributed by atoms with E-state index in [1.165, 1.54) is 274 Å². The van der Waals surface area contributed by atoms with Crippen LogP contribution in [0.2, 0.25) is 0 Å². The summed E-state index contributed by atoms with van der Waals surface area (Å²) in [5, 5.41) is 8.49. The van der Waals surface area contributed by atoms with Crippen LogP contribution in [0.15, 0.2) is 219 Å². The molecule has 6 atom stereocenters. The van der Waals surface area contributed by atoms with E-state index in [9.17, 15) is 0 Å². The van der Waals surface area contributed by atoms with Crippen LogP contribution in [0, 0.1) is 34.6 Å². The molecule has 0 aliphatic heterocycles. The van der Waals surface area contributed by atoms with Crippen molar-refractivity contribution in [1.82, 2.24) is 0 Å². The standard InChI is InChI=1S/C37H36N.C37H30N.C36H34N/c2*1-22-16-31-34(19-30(22)35-20-29(23(2)21-38(35)3)24-10-5-4-6-11-24)37-28-15-8-7-14-27(28)36(31)32-17-25-12-9-13-26(25)18-33(32)37;1-22-17-30-33(21-29(22)34-20-26(15-16-37(34)2)23-9-4-3-5-10-23)36-28-14-7-6-13-27(28)35(30)31-18-24-11-8-12-25(24)19-32(31)36/h7-8,12-21,24,36-37H,4-6,9-11H2,1-3H3;4-8,10-21,36-37H,9H2,1-3H3;6-7,11-21,23,35-36H,3-5,8-10H2,1-2H3/q3*+1. The minimum Gasteiger partial charge on any atom is -0.201 e. The lowest BCUT2D eigenvalue weighted by atomic mass is 9.60. The van der Waals surface area contributed by atoms with Crippen molar-refractivity contribution < 1.29 is 13.7 Å². The number of hydrogen-bond acceptors (Lipinski definition) is 0. The van der Waals surface area contributed by atoms with E-state index in [0.29, 0.717) is 35.5 Å². The topological polar surface area (TPSA) is 11.6 Å². The van der Waals surface area contributed by atoms with E-state index in [0.717, 1.165) is 25.2 Å². The molecule has 3 nitrogen and oxygen atoms in total. The molecule has 552 valence electrons. The maximum Gasteiger partial charge on any atom is 0.213 e. The summed E-state index contributed by atoms with van der Waals surface area (Å²) >= 11 is 0. The van der Waals surface area contributed by atoms with Gasteiger partial charge in [0.25, 0.3) is 0 Å². The second kappa shape index (κ2) is 26.8. The number of nitrogens with zero attached hydrogens (tertiary/aromatic N) is 3. The molecule has 2 saturated carbocycles. The molecular formula is C110H100N3+3. The third-order valence-electron chi connectivity index (χ3n) is 29.0. The van der Waals surface area contributed by atoms with E-state index in [2.05, 4.69) is 325 Å². The van der Waals surface area contributed by atoms with Crippen molar-refractivity contribution in [2.24, 2.45) is 21.1 Å². The van der Waals surface area contributed by atoms with Gasteiger partial charge in [0.05, 0.1) is 0 Å². The molecule has 0 spiro atoms. The summed E-state index contributed by atoms with van der Waals surface area (Å²) in [6.45, 7) is 11.5. The molecule has 0 N–H and O–H groups in total. The molecule has 6 bridgehead atoms. The SMILES string of the molecule is Cc1c[n+](C)c(-c2cc3c(cc2C)C2c4ccccc4C3c3cc4c(cc32)=CCC=4)cc1-c1ccccc1.Cc1cc2c(cc1-c1cc(C3CCCCC3)c(C)c[n+]1C)C1c3ccccc3C2c2cc3c(cc21)=CCC=3.Cc1cc2c(cc1-c1cc(C3CCCCC3)cc[n+]1C)C1c3ccccc3C2c2cc3c(cc21)=CCC=3. The highest BCUT2D eigenvalue weighted by Gasteiger charge is 2.46. The molecule has 13 aromatic rings. The average Bonchev–Trinajstić information content (AvgIpc) is 1.45. The monoisotopic (exact) mass is 1460 g/mol. The Kier molecular flexibility index (Phi) is 16.3. The van der Waals surface area contributed by atoms with Crippen molar-refractivity contribution in [3.63, 3.8) is 0 Å². The first-order valence-electron chi connectivity index (χ1n) is 42.6. The molecule has 113 heavy (non-hydrogen) atoms. The van der Waals surface area contributed by atoms with Crippen molar-refractivity contribution in [1.29, 1.82) is 0 Å². The Morgan fingerprint density at radius 1 is 0.239 bits per heavy atom. The minimum atomic E-state index is 0.282. The summed E-state index contributed by atoms with van der Waals surface area (Å²) in [5.41, 5.74) is 47.8. The van der Waals surface area contributed by atoms with E-state index in [4.69, 9.17) is 0 Å². The average molecular weight is 1460 g/mol. The Labute approximate surface area is 666 Å². The maximum absolute atomic E-state index is 2.57. The molecule has 6 unspecified atom stereocenters. The van der Waals surface area contributed by atoms with Crippen LogP contribution in [0.5, 0.6) is 0 Å². The van der Waals surface area contributed by atoms with Gasteiger partial charge in [-0.15, -0.1) is 0 Å². The van der Waals surface area contributed by atoms with Crippen LogP contribution < -0.4 is 45.0 Å². The molecule has 2 fully saturated rings. The van der Waals surface area contributed by atoms with Gasteiger partial charge in [-0.3, -0.25) is 0 Å². The zero-order chi connectivity index (χ0) is 75.8. The first-order valence-corrected chi connectivity index (χ1v) is 42.6. The number of pyridine rings is 3. The van der Waals surface area contributed by atoms with E-state index < -0.39 is 0 Å². The Morgan fingerprint density at radius 2 is 0.549 bits per heavy atom. The lowest BCUT2D eigenvalue weighted by molar-refractivity contribution is -0.660. The van der Waals surface area contributed by atoms with E-state index >= 15 is 0 Å². The second-order valence-electron chi connectivity index (χ2n) is 35.4. The molecule has 3 heterocycles. The number of fused-ring (bicyclic) bond motifs is 3. The van der Waals surface area contributed by atoms with Crippen molar-refractivity contribution in [2.75, 3.05) is 0 Å². The number of aryl methyl sites for hydroxylation is 8. The fraction of sp³-hybridized carbons (Fsp3) is 0.264. The Hall–Kier alpha value is -11.1. The van der Waals surface area contributed by atoms with E-state index in [-0.39, 0.29) is 5.92 Å². The van der Waals surface area contributed by atoms with E-state index in [1.54, 1.807) is 5.56 Å². The lowest BCUT2D eigenvalue weighted by Crippen LogP contribution is -2.34. The van der Waals surface area contributed by atoms with Crippen LogP contribution in [0.1, 0.15) is 270 Å². The number of rotatable bonds is 6. The van der Waals surface area contributed by atoms with Gasteiger partial charge < -0.3 is 0 Å². The molecule has 14 aliphatic rings. The summed E-state index contributed by atoms with van der Waals surface area (Å²) < 4.78 is 7.01. The van der Waals surface area contributed by atoms with Gasteiger partial charge in [-0.05, 0) is 280 Å². The quantitative estimate of drug-likeness (QED) is 0.147. The van der Waals surface area contributed by atoms with Gasteiger partial charge in [0, 0.05) is 87.6 Å². The zero-order valence-corrected chi connectivity index (χ0v) is 66.9. The molecular weight excluding hydrogens is 1360 g/mol. The van der Waals surface area contributed by atoms with Gasteiger partial charge >= 0.3 is 0 Å². The predicted molar refractivity (Wildman–Crippen MR) is 463 cm³/mol. The molecule has 3 aromatic heterocycles. The normalized spacial score (nSPS) is 19.8. The van der Waals surface area contributed by atoms with Crippen molar-refractivity contribution in [2.45, 2.75) is 165 Å². The molecule has 27 rings (SSSR count). The van der Waals surface area contributed by atoms with Crippen molar-refractivity contribution >= 4 is 36.5 Å². The van der Waals surface area contributed by atoms with Crippen molar-refractivity contribution in [3.8, 4) is 44.9 Å². The third-order valence-corrected chi connectivity index (χ3v) is 29.0. The minimum absolute atomic E-state index is 0.282. The molecule has 0 saturated heterocycles. The first kappa shape index (κ1) is 68.7. The van der Waals surface area contributed by atoms with Gasteiger partial charge in [-0.25, -0.2) is 13.7 Å². The van der Waals surface area contributed by atoms with Crippen LogP contribution >= 0.6 is 0 Å². The molecule has 10 aromatic carbocycles. The van der Waals surface area contributed by atoms with Crippen LogP contribution in [-0.2, 0) is 21.1 Å². The highest BCUT2D eigenvalue weighted by Crippen LogP contribution is 2.60. The fourth-order valence-electron chi connectivity index (χ4n) is 23.6. The third kappa shape index (κ3) is 10.9. The van der Waals surface area contributed by atoms with Gasteiger partial charge in [0.2, 0.25) is 17.1 Å². The summed E-state index contributed by atoms with van der Waals surface area (Å²) in [4.78, 5) is 0. The zero-order valence-electron chi connectivity index (χ0n) is 66.9. The second-order valence-corrected chi connectivity index (χ2v) is 35.4. The summed E-state index contributed by atoms with van der Waals surface area (Å²) in [5.74, 6) is 3.32. The molecule has 0 radical (unpaired) electrons. The largest absolute Gasteiger partial charge is 0.213 e.